The highest BCUT2D eigenvalue weighted by Gasteiger charge is 2.13. The van der Waals surface area contributed by atoms with Crippen molar-refractivity contribution in [3.05, 3.63) is 87.9 Å². The lowest BCUT2D eigenvalue weighted by atomic mass is 10.2. The van der Waals surface area contributed by atoms with Crippen LogP contribution in [0.4, 0.5) is 0 Å². The Bertz CT molecular complexity index is 1110. The van der Waals surface area contributed by atoms with Gasteiger partial charge in [-0.15, -0.1) is 0 Å². The van der Waals surface area contributed by atoms with Crippen LogP contribution in [0.1, 0.15) is 33.2 Å². The number of ether oxygens (including phenoxy) is 3. The SMILES string of the molecule is CCOc1ccc(C(=O)Oc2ccc(/C=N\NC(=O)c3ccc(Br)cc3)cc2OC)cc1. The largest absolute Gasteiger partial charge is 0.494 e. The van der Waals surface area contributed by atoms with Gasteiger partial charge in [0, 0.05) is 10.0 Å². The molecule has 0 aliphatic carbocycles. The normalized spacial score (nSPS) is 10.6. The molecule has 164 valence electrons. The molecule has 0 saturated heterocycles. The maximum absolute atomic E-state index is 12.4. The van der Waals surface area contributed by atoms with E-state index in [0.29, 0.717) is 34.8 Å². The molecule has 3 rings (SSSR count). The molecule has 0 aromatic heterocycles. The third-order valence-corrected chi connectivity index (χ3v) is 4.81. The fourth-order valence-corrected chi connectivity index (χ4v) is 2.96. The number of esters is 1. The van der Waals surface area contributed by atoms with Gasteiger partial charge in [0.05, 0.1) is 25.5 Å². The number of hydrogen-bond acceptors (Lipinski definition) is 6. The van der Waals surface area contributed by atoms with Gasteiger partial charge in [0.2, 0.25) is 0 Å². The van der Waals surface area contributed by atoms with Crippen molar-refractivity contribution in [2.75, 3.05) is 13.7 Å². The van der Waals surface area contributed by atoms with Crippen LogP contribution >= 0.6 is 15.9 Å². The first-order valence-electron chi connectivity index (χ1n) is 9.72. The Morgan fingerprint density at radius 2 is 1.66 bits per heavy atom. The first-order valence-corrected chi connectivity index (χ1v) is 10.5. The highest BCUT2D eigenvalue weighted by Crippen LogP contribution is 2.28. The first-order chi connectivity index (χ1) is 15.5. The number of amides is 1. The molecule has 1 N–H and O–H groups in total. The molecule has 0 atom stereocenters. The van der Waals surface area contributed by atoms with E-state index in [4.69, 9.17) is 14.2 Å². The van der Waals surface area contributed by atoms with Gasteiger partial charge in [-0.3, -0.25) is 4.79 Å². The Morgan fingerprint density at radius 1 is 0.969 bits per heavy atom. The van der Waals surface area contributed by atoms with Crippen molar-refractivity contribution in [1.29, 1.82) is 0 Å². The first kappa shape index (κ1) is 23.0. The van der Waals surface area contributed by atoms with E-state index < -0.39 is 5.97 Å². The molecule has 8 heteroatoms. The lowest BCUT2D eigenvalue weighted by Gasteiger charge is -2.10. The third-order valence-electron chi connectivity index (χ3n) is 4.28. The van der Waals surface area contributed by atoms with Gasteiger partial charge < -0.3 is 14.2 Å². The molecule has 0 aliphatic heterocycles. The molecular formula is C24H21BrN2O5. The molecule has 0 bridgehead atoms. The number of hydrogen-bond donors (Lipinski definition) is 1. The van der Waals surface area contributed by atoms with E-state index in [-0.39, 0.29) is 11.7 Å². The summed E-state index contributed by atoms with van der Waals surface area (Å²) in [7, 11) is 1.47. The second-order valence-electron chi connectivity index (χ2n) is 6.46. The Morgan fingerprint density at radius 3 is 2.31 bits per heavy atom. The zero-order valence-electron chi connectivity index (χ0n) is 17.5. The lowest BCUT2D eigenvalue weighted by Crippen LogP contribution is -2.17. The molecular weight excluding hydrogens is 476 g/mol. The summed E-state index contributed by atoms with van der Waals surface area (Å²) < 4.78 is 17.1. The quantitative estimate of drug-likeness (QED) is 0.208. The van der Waals surface area contributed by atoms with E-state index in [1.165, 1.54) is 13.3 Å². The molecule has 0 spiro atoms. The highest BCUT2D eigenvalue weighted by molar-refractivity contribution is 9.10. The molecule has 0 heterocycles. The molecule has 0 fully saturated rings. The predicted molar refractivity (Wildman–Crippen MR) is 125 cm³/mol. The van der Waals surface area contributed by atoms with Gasteiger partial charge in [0.1, 0.15) is 5.75 Å². The Balaban J connectivity index is 1.64. The van der Waals surface area contributed by atoms with Crippen molar-refractivity contribution in [3.8, 4) is 17.2 Å². The molecule has 0 unspecified atom stereocenters. The number of hydrazone groups is 1. The van der Waals surface area contributed by atoms with Crippen LogP contribution in [0.25, 0.3) is 0 Å². The van der Waals surface area contributed by atoms with E-state index in [1.54, 1.807) is 66.7 Å². The molecule has 0 aliphatic rings. The van der Waals surface area contributed by atoms with Crippen molar-refractivity contribution >= 4 is 34.0 Å². The van der Waals surface area contributed by atoms with E-state index in [9.17, 15) is 9.59 Å². The van der Waals surface area contributed by atoms with Crippen molar-refractivity contribution in [2.24, 2.45) is 5.10 Å². The molecule has 7 nitrogen and oxygen atoms in total. The summed E-state index contributed by atoms with van der Waals surface area (Å²) in [6.45, 7) is 2.43. The van der Waals surface area contributed by atoms with Crippen LogP contribution in [0.5, 0.6) is 17.2 Å². The monoisotopic (exact) mass is 496 g/mol. The lowest BCUT2D eigenvalue weighted by molar-refractivity contribution is 0.0729. The smallest absolute Gasteiger partial charge is 0.343 e. The topological polar surface area (TPSA) is 86.2 Å². The van der Waals surface area contributed by atoms with Crippen LogP contribution in [0.2, 0.25) is 0 Å². The van der Waals surface area contributed by atoms with Crippen LogP contribution in [0.3, 0.4) is 0 Å². The molecule has 0 saturated carbocycles. The van der Waals surface area contributed by atoms with E-state index >= 15 is 0 Å². The second-order valence-corrected chi connectivity index (χ2v) is 7.38. The van der Waals surface area contributed by atoms with Crippen molar-refractivity contribution in [1.82, 2.24) is 5.43 Å². The number of nitrogens with one attached hydrogen (secondary N) is 1. The van der Waals surface area contributed by atoms with E-state index in [1.807, 2.05) is 6.92 Å². The zero-order chi connectivity index (χ0) is 22.9. The zero-order valence-corrected chi connectivity index (χ0v) is 19.1. The van der Waals surface area contributed by atoms with Gasteiger partial charge in [0.25, 0.3) is 5.91 Å². The van der Waals surface area contributed by atoms with Crippen LogP contribution in [0, 0.1) is 0 Å². The molecule has 3 aromatic rings. The van der Waals surface area contributed by atoms with Gasteiger partial charge in [-0.1, -0.05) is 15.9 Å². The minimum absolute atomic E-state index is 0.266. The fourth-order valence-electron chi connectivity index (χ4n) is 2.69. The van der Waals surface area contributed by atoms with Crippen molar-refractivity contribution in [3.63, 3.8) is 0 Å². The minimum atomic E-state index is -0.519. The summed E-state index contributed by atoms with van der Waals surface area (Å²) in [6.07, 6.45) is 1.47. The maximum Gasteiger partial charge on any atom is 0.343 e. The average molecular weight is 497 g/mol. The number of methoxy groups -OCH3 is 1. The summed E-state index contributed by atoms with van der Waals surface area (Å²) in [4.78, 5) is 24.6. The molecule has 32 heavy (non-hydrogen) atoms. The molecule has 0 radical (unpaired) electrons. The maximum atomic E-state index is 12.4. The summed E-state index contributed by atoms with van der Waals surface area (Å²) >= 11 is 3.32. The minimum Gasteiger partial charge on any atom is -0.494 e. The predicted octanol–water partition coefficient (Wildman–Crippen LogP) is 4.84. The van der Waals surface area contributed by atoms with Gasteiger partial charge in [-0.2, -0.15) is 5.10 Å². The summed E-state index contributed by atoms with van der Waals surface area (Å²) in [6, 6.07) is 18.5. The van der Waals surface area contributed by atoms with E-state index in [0.717, 1.165) is 4.47 Å². The van der Waals surface area contributed by atoms with Crippen LogP contribution < -0.4 is 19.6 Å². The van der Waals surface area contributed by atoms with Gasteiger partial charge >= 0.3 is 5.97 Å². The van der Waals surface area contributed by atoms with E-state index in [2.05, 4.69) is 26.5 Å². The number of rotatable bonds is 8. The summed E-state index contributed by atoms with van der Waals surface area (Å²) in [5.74, 6) is 0.448. The highest BCUT2D eigenvalue weighted by atomic mass is 79.9. The third kappa shape index (κ3) is 6.18. The number of carbonyl (C=O) groups excluding carboxylic acids is 2. The standard InChI is InChI=1S/C24H21BrN2O5/c1-3-31-20-11-7-18(8-12-20)24(29)32-21-13-4-16(14-22(21)30-2)15-26-27-23(28)17-5-9-19(25)10-6-17/h4-15H,3H2,1-2H3,(H,27,28)/b26-15-. The van der Waals surface area contributed by atoms with Gasteiger partial charge in [-0.25, -0.2) is 10.2 Å². The van der Waals surface area contributed by atoms with Crippen molar-refractivity contribution < 1.29 is 23.8 Å². The summed E-state index contributed by atoms with van der Waals surface area (Å²) in [5.41, 5.74) is 3.99. The number of benzene rings is 3. The fraction of sp³-hybridized carbons (Fsp3) is 0.125. The Kier molecular flexibility index (Phi) is 7.99. The molecule has 1 amide bonds. The number of nitrogens with zero attached hydrogens (tertiary/aromatic N) is 1. The number of carbonyl (C=O) groups is 2. The second kappa shape index (κ2) is 11.1. The van der Waals surface area contributed by atoms with Crippen LogP contribution in [-0.2, 0) is 0 Å². The summed E-state index contributed by atoms with van der Waals surface area (Å²) in [5, 5.41) is 3.97. The number of halogens is 1. The van der Waals surface area contributed by atoms with Crippen molar-refractivity contribution in [2.45, 2.75) is 6.92 Å². The Labute approximate surface area is 194 Å². The average Bonchev–Trinajstić information content (AvgIpc) is 2.81. The van der Waals surface area contributed by atoms with Gasteiger partial charge in [-0.05, 0) is 79.2 Å². The molecule has 3 aromatic carbocycles. The van der Waals surface area contributed by atoms with Crippen LogP contribution in [0.15, 0.2) is 76.3 Å². The van der Waals surface area contributed by atoms with Gasteiger partial charge in [0.15, 0.2) is 11.5 Å². The van der Waals surface area contributed by atoms with Crippen LogP contribution in [-0.4, -0.2) is 31.8 Å². The Hall–Kier alpha value is -3.65.